The highest BCUT2D eigenvalue weighted by Gasteiger charge is 2.22. The predicted octanol–water partition coefficient (Wildman–Crippen LogP) is 1.62. The fourth-order valence-corrected chi connectivity index (χ4v) is 2.64. The number of nitrogens with one attached hydrogen (secondary N) is 1. The number of anilines is 1. The summed E-state index contributed by atoms with van der Waals surface area (Å²) < 4.78 is 10.6. The Morgan fingerprint density at radius 1 is 1.27 bits per heavy atom. The van der Waals surface area contributed by atoms with Gasteiger partial charge >= 0.3 is 0 Å². The molecule has 1 aromatic heterocycles. The highest BCUT2D eigenvalue weighted by molar-refractivity contribution is 5.55. The minimum atomic E-state index is -0.142. The standard InChI is InChI=1S/C16H19N3O3/c1-11-15(8-17-18-16(11)20)19-9-12-3-4-14(7-13(12)10-19)22-6-5-21-2/h3-4,7-8H,5-6,9-10H2,1-2H3,(H,18,20). The van der Waals surface area contributed by atoms with Crippen molar-refractivity contribution in [1.29, 1.82) is 0 Å². The van der Waals surface area contributed by atoms with Crippen LogP contribution in [0.2, 0.25) is 0 Å². The number of aromatic amines is 1. The third-order valence-corrected chi connectivity index (χ3v) is 3.87. The molecule has 22 heavy (non-hydrogen) atoms. The van der Waals surface area contributed by atoms with E-state index < -0.39 is 0 Å². The van der Waals surface area contributed by atoms with Gasteiger partial charge in [0.25, 0.3) is 5.56 Å². The average Bonchev–Trinajstić information content (AvgIpc) is 2.93. The summed E-state index contributed by atoms with van der Waals surface area (Å²) in [5.41, 5.74) is 3.89. The fraction of sp³-hybridized carbons (Fsp3) is 0.375. The van der Waals surface area contributed by atoms with Crippen molar-refractivity contribution in [1.82, 2.24) is 10.2 Å². The molecule has 0 radical (unpaired) electrons. The van der Waals surface area contributed by atoms with Crippen molar-refractivity contribution in [2.24, 2.45) is 0 Å². The largest absolute Gasteiger partial charge is 0.491 e. The molecular formula is C16H19N3O3. The summed E-state index contributed by atoms with van der Waals surface area (Å²) in [5, 5.41) is 6.36. The van der Waals surface area contributed by atoms with Crippen LogP contribution in [0.1, 0.15) is 16.7 Å². The molecule has 116 valence electrons. The zero-order valence-corrected chi connectivity index (χ0v) is 12.8. The molecule has 0 amide bonds. The van der Waals surface area contributed by atoms with Crippen LogP contribution >= 0.6 is 0 Å². The summed E-state index contributed by atoms with van der Waals surface area (Å²) >= 11 is 0. The Morgan fingerprint density at radius 3 is 2.91 bits per heavy atom. The summed E-state index contributed by atoms with van der Waals surface area (Å²) in [5.74, 6) is 0.846. The topological polar surface area (TPSA) is 67.5 Å². The van der Waals surface area contributed by atoms with E-state index in [2.05, 4.69) is 27.2 Å². The number of methoxy groups -OCH3 is 1. The lowest BCUT2D eigenvalue weighted by Crippen LogP contribution is -2.21. The van der Waals surface area contributed by atoms with Gasteiger partial charge in [-0.2, -0.15) is 5.10 Å². The number of ether oxygens (including phenoxy) is 2. The van der Waals surface area contributed by atoms with Crippen LogP contribution in [0.25, 0.3) is 0 Å². The van der Waals surface area contributed by atoms with Crippen molar-refractivity contribution < 1.29 is 9.47 Å². The molecule has 2 heterocycles. The van der Waals surface area contributed by atoms with E-state index in [1.54, 1.807) is 13.3 Å². The van der Waals surface area contributed by atoms with Crippen molar-refractivity contribution in [3.63, 3.8) is 0 Å². The predicted molar refractivity (Wildman–Crippen MR) is 83.3 cm³/mol. The number of benzene rings is 1. The number of rotatable bonds is 5. The summed E-state index contributed by atoms with van der Waals surface area (Å²) in [6.07, 6.45) is 1.71. The quantitative estimate of drug-likeness (QED) is 0.850. The van der Waals surface area contributed by atoms with E-state index in [4.69, 9.17) is 9.47 Å². The van der Waals surface area contributed by atoms with Crippen molar-refractivity contribution in [2.75, 3.05) is 25.2 Å². The second-order valence-electron chi connectivity index (χ2n) is 5.34. The number of H-pyrrole nitrogens is 1. The maximum atomic E-state index is 11.7. The Morgan fingerprint density at radius 2 is 2.09 bits per heavy atom. The number of hydrogen-bond acceptors (Lipinski definition) is 5. The van der Waals surface area contributed by atoms with Crippen LogP contribution < -0.4 is 15.2 Å². The van der Waals surface area contributed by atoms with Gasteiger partial charge in [0.15, 0.2) is 0 Å². The van der Waals surface area contributed by atoms with Crippen molar-refractivity contribution in [3.8, 4) is 5.75 Å². The van der Waals surface area contributed by atoms with E-state index in [1.807, 2.05) is 13.0 Å². The molecule has 2 aromatic rings. The van der Waals surface area contributed by atoms with Gasteiger partial charge < -0.3 is 14.4 Å². The molecule has 0 aliphatic carbocycles. The molecular weight excluding hydrogens is 282 g/mol. The molecule has 6 nitrogen and oxygen atoms in total. The molecule has 1 aliphatic rings. The van der Waals surface area contributed by atoms with E-state index in [-0.39, 0.29) is 5.56 Å². The Balaban J connectivity index is 1.77. The highest BCUT2D eigenvalue weighted by Crippen LogP contribution is 2.31. The highest BCUT2D eigenvalue weighted by atomic mass is 16.5. The lowest BCUT2D eigenvalue weighted by molar-refractivity contribution is 0.146. The van der Waals surface area contributed by atoms with E-state index >= 15 is 0 Å². The molecule has 0 unspecified atom stereocenters. The van der Waals surface area contributed by atoms with Gasteiger partial charge in [0.1, 0.15) is 12.4 Å². The van der Waals surface area contributed by atoms with Crippen LogP contribution in [0.5, 0.6) is 5.75 Å². The molecule has 0 atom stereocenters. The van der Waals surface area contributed by atoms with Gasteiger partial charge in [-0.3, -0.25) is 4.79 Å². The summed E-state index contributed by atoms with van der Waals surface area (Å²) in [6, 6.07) is 6.11. The molecule has 1 aromatic carbocycles. The molecule has 0 spiro atoms. The first-order chi connectivity index (χ1) is 10.7. The van der Waals surface area contributed by atoms with Gasteiger partial charge in [-0.05, 0) is 30.2 Å². The Hall–Kier alpha value is -2.34. The number of fused-ring (bicyclic) bond motifs is 1. The van der Waals surface area contributed by atoms with Crippen LogP contribution in [0.15, 0.2) is 29.2 Å². The number of aromatic nitrogens is 2. The number of nitrogens with zero attached hydrogens (tertiary/aromatic N) is 2. The molecule has 0 bridgehead atoms. The Labute approximate surface area is 128 Å². The summed E-state index contributed by atoms with van der Waals surface area (Å²) in [7, 11) is 1.65. The normalized spacial score (nSPS) is 13.3. The second kappa shape index (κ2) is 6.19. The van der Waals surface area contributed by atoms with Crippen molar-refractivity contribution in [3.05, 3.63) is 51.4 Å². The molecule has 3 rings (SSSR count). The minimum absolute atomic E-state index is 0.142. The van der Waals surface area contributed by atoms with E-state index in [0.717, 1.165) is 24.5 Å². The Bertz CT molecular complexity index is 727. The van der Waals surface area contributed by atoms with Crippen LogP contribution in [0, 0.1) is 6.92 Å². The van der Waals surface area contributed by atoms with Gasteiger partial charge in [0, 0.05) is 25.8 Å². The SMILES string of the molecule is COCCOc1ccc2c(c1)CN(c1cn[nH]c(=O)c1C)C2. The van der Waals surface area contributed by atoms with E-state index in [9.17, 15) is 4.79 Å². The zero-order valence-electron chi connectivity index (χ0n) is 12.8. The van der Waals surface area contributed by atoms with Crippen LogP contribution in [-0.2, 0) is 17.8 Å². The maximum Gasteiger partial charge on any atom is 0.269 e. The van der Waals surface area contributed by atoms with E-state index in [1.165, 1.54) is 11.1 Å². The monoisotopic (exact) mass is 301 g/mol. The van der Waals surface area contributed by atoms with Gasteiger partial charge in [-0.25, -0.2) is 5.10 Å². The van der Waals surface area contributed by atoms with Gasteiger partial charge in [-0.1, -0.05) is 6.07 Å². The first kappa shape index (κ1) is 14.6. The molecule has 0 saturated carbocycles. The summed E-state index contributed by atoms with van der Waals surface area (Å²) in [6.45, 7) is 4.46. The third kappa shape index (κ3) is 2.82. The lowest BCUT2D eigenvalue weighted by atomic mass is 10.1. The lowest BCUT2D eigenvalue weighted by Gasteiger charge is -2.18. The minimum Gasteiger partial charge on any atom is -0.491 e. The fourth-order valence-electron chi connectivity index (χ4n) is 2.64. The molecule has 1 aliphatic heterocycles. The van der Waals surface area contributed by atoms with Gasteiger partial charge in [-0.15, -0.1) is 0 Å². The van der Waals surface area contributed by atoms with Crippen LogP contribution in [0.4, 0.5) is 5.69 Å². The number of hydrogen-bond donors (Lipinski definition) is 1. The van der Waals surface area contributed by atoms with Gasteiger partial charge in [0.2, 0.25) is 0 Å². The third-order valence-electron chi connectivity index (χ3n) is 3.87. The molecule has 1 N–H and O–H groups in total. The second-order valence-corrected chi connectivity index (χ2v) is 5.34. The first-order valence-corrected chi connectivity index (χ1v) is 7.22. The maximum absolute atomic E-state index is 11.7. The first-order valence-electron chi connectivity index (χ1n) is 7.22. The van der Waals surface area contributed by atoms with Gasteiger partial charge in [0.05, 0.1) is 18.5 Å². The Kier molecular flexibility index (Phi) is 4.11. The van der Waals surface area contributed by atoms with Crippen LogP contribution in [-0.4, -0.2) is 30.5 Å². The average molecular weight is 301 g/mol. The molecule has 0 fully saturated rings. The molecule has 6 heteroatoms. The summed E-state index contributed by atoms with van der Waals surface area (Å²) in [4.78, 5) is 13.8. The molecule has 0 saturated heterocycles. The zero-order chi connectivity index (χ0) is 15.5. The van der Waals surface area contributed by atoms with E-state index in [0.29, 0.717) is 18.8 Å². The van der Waals surface area contributed by atoms with Crippen molar-refractivity contribution >= 4 is 5.69 Å². The smallest absolute Gasteiger partial charge is 0.269 e. The van der Waals surface area contributed by atoms with Crippen molar-refractivity contribution in [2.45, 2.75) is 20.0 Å². The van der Waals surface area contributed by atoms with Crippen LogP contribution in [0.3, 0.4) is 0 Å².